The smallest absolute Gasteiger partial charge is 0.255 e. The number of sulfonamides is 1. The molecule has 0 unspecified atom stereocenters. The molecule has 2 N–H and O–H groups in total. The lowest BCUT2D eigenvalue weighted by Gasteiger charge is -2.22. The summed E-state index contributed by atoms with van der Waals surface area (Å²) in [6.45, 7) is 1.46. The highest BCUT2D eigenvalue weighted by Gasteiger charge is 2.27. The zero-order chi connectivity index (χ0) is 25.4. The van der Waals surface area contributed by atoms with Gasteiger partial charge in [-0.15, -0.1) is 0 Å². The van der Waals surface area contributed by atoms with Gasteiger partial charge in [0.2, 0.25) is 10.0 Å². The van der Waals surface area contributed by atoms with E-state index in [-0.39, 0.29) is 28.0 Å². The van der Waals surface area contributed by atoms with Crippen LogP contribution in [0, 0.1) is 0 Å². The van der Waals surface area contributed by atoms with Gasteiger partial charge in [-0.25, -0.2) is 13.8 Å². The van der Waals surface area contributed by atoms with Crippen molar-refractivity contribution in [3.05, 3.63) is 87.9 Å². The summed E-state index contributed by atoms with van der Waals surface area (Å²) in [6.07, 6.45) is 1.24. The predicted molar refractivity (Wildman–Crippen MR) is 136 cm³/mol. The Hall–Kier alpha value is -3.11. The summed E-state index contributed by atoms with van der Waals surface area (Å²) in [6, 6.07) is 17.3. The van der Waals surface area contributed by atoms with Gasteiger partial charge in [-0.05, 0) is 48.9 Å². The van der Waals surface area contributed by atoms with Gasteiger partial charge >= 0.3 is 0 Å². The van der Waals surface area contributed by atoms with Crippen molar-refractivity contribution in [3.63, 3.8) is 0 Å². The van der Waals surface area contributed by atoms with E-state index in [9.17, 15) is 18.3 Å². The number of nitrogens with zero attached hydrogens (tertiary/aromatic N) is 2. The van der Waals surface area contributed by atoms with Gasteiger partial charge in [-0.1, -0.05) is 53.5 Å². The number of hydrogen-bond donors (Lipinski definition) is 2. The SMILES string of the molecule is CCOc1cccc(/C=N\NC(=O)CN(Cc2ccc(Cl)cc2Cl)S(=O)(=O)c2ccccc2)c1O. The Morgan fingerprint density at radius 3 is 2.54 bits per heavy atom. The number of hydrogen-bond acceptors (Lipinski definition) is 6. The Bertz CT molecular complexity index is 1320. The highest BCUT2D eigenvalue weighted by Crippen LogP contribution is 2.28. The minimum atomic E-state index is -4.04. The molecule has 0 spiro atoms. The lowest BCUT2D eigenvalue weighted by atomic mass is 10.2. The van der Waals surface area contributed by atoms with Crippen LogP contribution in [0.15, 0.2) is 76.7 Å². The van der Waals surface area contributed by atoms with Crippen molar-refractivity contribution in [2.24, 2.45) is 5.10 Å². The number of amides is 1. The monoisotopic (exact) mass is 535 g/mol. The van der Waals surface area contributed by atoms with Crippen molar-refractivity contribution in [1.29, 1.82) is 0 Å². The zero-order valence-corrected chi connectivity index (χ0v) is 21.0. The number of phenolic OH excluding ortho intramolecular Hbond substituents is 1. The van der Waals surface area contributed by atoms with Crippen LogP contribution in [0.5, 0.6) is 11.5 Å². The number of phenols is 1. The molecule has 0 saturated carbocycles. The lowest BCUT2D eigenvalue weighted by Crippen LogP contribution is -2.39. The van der Waals surface area contributed by atoms with E-state index < -0.39 is 22.5 Å². The lowest BCUT2D eigenvalue weighted by molar-refractivity contribution is -0.121. The summed E-state index contributed by atoms with van der Waals surface area (Å²) < 4.78 is 32.9. The quantitative estimate of drug-likeness (QED) is 0.294. The molecular weight excluding hydrogens is 513 g/mol. The molecule has 0 heterocycles. The maximum absolute atomic E-state index is 13.3. The normalized spacial score (nSPS) is 11.7. The first kappa shape index (κ1) is 26.5. The highest BCUT2D eigenvalue weighted by molar-refractivity contribution is 7.89. The van der Waals surface area contributed by atoms with E-state index in [4.69, 9.17) is 27.9 Å². The molecule has 1 amide bonds. The maximum Gasteiger partial charge on any atom is 0.255 e. The minimum Gasteiger partial charge on any atom is -0.504 e. The van der Waals surface area contributed by atoms with E-state index in [0.717, 1.165) is 4.31 Å². The number of ether oxygens (including phenoxy) is 1. The highest BCUT2D eigenvalue weighted by atomic mass is 35.5. The van der Waals surface area contributed by atoms with Gasteiger partial charge in [-0.3, -0.25) is 4.79 Å². The van der Waals surface area contributed by atoms with Gasteiger partial charge in [0, 0.05) is 22.2 Å². The van der Waals surface area contributed by atoms with E-state index in [1.165, 1.54) is 24.4 Å². The standard InChI is InChI=1S/C24H23Cl2N3O5S/c1-2-34-22-10-6-7-17(24(22)31)14-27-28-23(30)16-29(15-18-11-12-19(25)13-21(18)26)35(32,33)20-8-4-3-5-9-20/h3-14,31H,2,15-16H2,1H3,(H,28,30)/b27-14-. The minimum absolute atomic E-state index is 0.0269. The van der Waals surface area contributed by atoms with Crippen molar-refractivity contribution in [1.82, 2.24) is 9.73 Å². The summed E-state index contributed by atoms with van der Waals surface area (Å²) in [5.41, 5.74) is 3.09. The van der Waals surface area contributed by atoms with Gasteiger partial charge in [0.25, 0.3) is 5.91 Å². The van der Waals surface area contributed by atoms with Crippen molar-refractivity contribution in [2.45, 2.75) is 18.4 Å². The number of benzene rings is 3. The zero-order valence-electron chi connectivity index (χ0n) is 18.7. The van der Waals surface area contributed by atoms with Crippen LogP contribution in [-0.4, -0.2) is 43.1 Å². The second-order valence-electron chi connectivity index (χ2n) is 7.24. The number of carbonyl (C=O) groups is 1. The number of aromatic hydroxyl groups is 1. The average Bonchev–Trinajstić information content (AvgIpc) is 2.83. The summed E-state index contributed by atoms with van der Waals surface area (Å²) in [7, 11) is -4.04. The van der Waals surface area contributed by atoms with Gasteiger partial charge in [0.1, 0.15) is 0 Å². The Kier molecular flexibility index (Phi) is 9.11. The molecule has 11 heteroatoms. The fraction of sp³-hybridized carbons (Fsp3) is 0.167. The van der Waals surface area contributed by atoms with E-state index in [2.05, 4.69) is 10.5 Å². The number of nitrogens with one attached hydrogen (secondary N) is 1. The third-order valence-electron chi connectivity index (χ3n) is 4.79. The molecule has 0 aliphatic heterocycles. The van der Waals surface area contributed by atoms with E-state index in [1.54, 1.807) is 55.5 Å². The molecule has 0 fully saturated rings. The molecule has 0 radical (unpaired) electrons. The number of carbonyl (C=O) groups excluding carboxylic acids is 1. The van der Waals surface area contributed by atoms with Crippen molar-refractivity contribution in [2.75, 3.05) is 13.2 Å². The van der Waals surface area contributed by atoms with Crippen molar-refractivity contribution >= 4 is 45.3 Å². The summed E-state index contributed by atoms with van der Waals surface area (Å²) in [5, 5.41) is 14.8. The molecule has 0 aliphatic carbocycles. The number of hydrazone groups is 1. The predicted octanol–water partition coefficient (Wildman–Crippen LogP) is 4.44. The van der Waals surface area contributed by atoms with Gasteiger partial charge < -0.3 is 9.84 Å². The van der Waals surface area contributed by atoms with Crippen LogP contribution in [0.2, 0.25) is 10.0 Å². The van der Waals surface area contributed by atoms with Crippen LogP contribution >= 0.6 is 23.2 Å². The molecule has 3 aromatic carbocycles. The molecule has 3 aromatic rings. The third kappa shape index (κ3) is 6.95. The molecule has 0 atom stereocenters. The first-order chi connectivity index (χ1) is 16.7. The van der Waals surface area contributed by atoms with Gasteiger partial charge in [0.05, 0.1) is 24.3 Å². The van der Waals surface area contributed by atoms with Gasteiger partial charge in [-0.2, -0.15) is 9.41 Å². The van der Waals surface area contributed by atoms with Crippen molar-refractivity contribution in [3.8, 4) is 11.5 Å². The van der Waals surface area contributed by atoms with E-state index in [0.29, 0.717) is 22.8 Å². The third-order valence-corrected chi connectivity index (χ3v) is 7.18. The largest absolute Gasteiger partial charge is 0.504 e. The maximum atomic E-state index is 13.3. The second kappa shape index (κ2) is 12.0. The molecule has 3 rings (SSSR count). The Labute approximate surface area is 213 Å². The second-order valence-corrected chi connectivity index (χ2v) is 10.0. The molecular formula is C24H23Cl2N3O5S. The Morgan fingerprint density at radius 1 is 1.11 bits per heavy atom. The Balaban J connectivity index is 1.80. The first-order valence-corrected chi connectivity index (χ1v) is 12.7. The Morgan fingerprint density at radius 2 is 1.86 bits per heavy atom. The molecule has 0 saturated heterocycles. The van der Waals surface area contributed by atoms with Crippen LogP contribution in [0.25, 0.3) is 0 Å². The molecule has 0 aromatic heterocycles. The summed E-state index contributed by atoms with van der Waals surface area (Å²) >= 11 is 12.2. The number of halogens is 2. The molecule has 0 aliphatic rings. The van der Waals surface area contributed by atoms with Crippen LogP contribution in [0.1, 0.15) is 18.1 Å². The van der Waals surface area contributed by atoms with Crippen LogP contribution in [-0.2, 0) is 21.4 Å². The number of para-hydroxylation sites is 1. The molecule has 184 valence electrons. The fourth-order valence-electron chi connectivity index (χ4n) is 3.09. The summed E-state index contributed by atoms with van der Waals surface area (Å²) in [5.74, 6) is -0.535. The fourth-order valence-corrected chi connectivity index (χ4v) is 4.96. The molecule has 35 heavy (non-hydrogen) atoms. The van der Waals surface area contributed by atoms with E-state index >= 15 is 0 Å². The average molecular weight is 536 g/mol. The van der Waals surface area contributed by atoms with Gasteiger partial charge in [0.15, 0.2) is 11.5 Å². The molecule has 8 nitrogen and oxygen atoms in total. The van der Waals surface area contributed by atoms with Crippen molar-refractivity contribution < 1.29 is 23.1 Å². The molecule has 0 bridgehead atoms. The topological polar surface area (TPSA) is 108 Å². The first-order valence-electron chi connectivity index (χ1n) is 10.5. The number of rotatable bonds is 10. The summed E-state index contributed by atoms with van der Waals surface area (Å²) in [4.78, 5) is 12.7. The van der Waals surface area contributed by atoms with Crippen LogP contribution in [0.3, 0.4) is 0 Å². The van der Waals surface area contributed by atoms with Crippen LogP contribution < -0.4 is 10.2 Å². The van der Waals surface area contributed by atoms with E-state index in [1.807, 2.05) is 0 Å². The van der Waals surface area contributed by atoms with Crippen LogP contribution in [0.4, 0.5) is 0 Å².